The Balaban J connectivity index is 1.84. The minimum Gasteiger partial charge on any atom is -0.368 e. The van der Waals surface area contributed by atoms with Gasteiger partial charge in [-0.1, -0.05) is 30.3 Å². The molecular formula is C15H19N3. The molecule has 94 valence electrons. The Kier molecular flexibility index (Phi) is 4.29. The van der Waals surface area contributed by atoms with E-state index in [4.69, 9.17) is 0 Å². The number of aromatic nitrogens is 2. The van der Waals surface area contributed by atoms with Crippen LogP contribution < -0.4 is 5.32 Å². The van der Waals surface area contributed by atoms with E-state index in [1.807, 2.05) is 13.0 Å². The fourth-order valence-corrected chi connectivity index (χ4v) is 1.89. The molecule has 2 rings (SSSR count). The molecule has 18 heavy (non-hydrogen) atoms. The van der Waals surface area contributed by atoms with Crippen LogP contribution in [0.15, 0.2) is 42.6 Å². The van der Waals surface area contributed by atoms with Crippen LogP contribution in [0.5, 0.6) is 0 Å². The molecule has 0 aliphatic carbocycles. The van der Waals surface area contributed by atoms with E-state index in [0.29, 0.717) is 6.04 Å². The average molecular weight is 241 g/mol. The van der Waals surface area contributed by atoms with Gasteiger partial charge in [0.15, 0.2) is 0 Å². The maximum Gasteiger partial charge on any atom is 0.129 e. The summed E-state index contributed by atoms with van der Waals surface area (Å²) in [6.45, 7) is 4.08. The van der Waals surface area contributed by atoms with Crippen LogP contribution in [0.4, 0.5) is 5.82 Å². The molecule has 1 atom stereocenters. The van der Waals surface area contributed by atoms with Crippen molar-refractivity contribution in [1.29, 1.82) is 0 Å². The lowest BCUT2D eigenvalue weighted by atomic mass is 10.1. The number of hydrogen-bond donors (Lipinski definition) is 1. The summed E-state index contributed by atoms with van der Waals surface area (Å²) in [5.74, 6) is 1.71. The summed E-state index contributed by atoms with van der Waals surface area (Å²) < 4.78 is 0. The fourth-order valence-electron chi connectivity index (χ4n) is 1.89. The quantitative estimate of drug-likeness (QED) is 0.873. The lowest BCUT2D eigenvalue weighted by Crippen LogP contribution is -2.17. The zero-order valence-electron chi connectivity index (χ0n) is 10.9. The van der Waals surface area contributed by atoms with Crippen molar-refractivity contribution in [3.05, 3.63) is 54.0 Å². The maximum absolute atomic E-state index is 4.35. The SMILES string of the molecule is Cc1nccc(NC(C)CCc2ccccc2)n1. The molecule has 2 aromatic rings. The molecule has 1 aromatic carbocycles. The first kappa shape index (κ1) is 12.6. The third kappa shape index (κ3) is 3.84. The first-order chi connectivity index (χ1) is 8.74. The molecule has 3 heteroatoms. The molecule has 0 saturated heterocycles. The number of nitrogens with zero attached hydrogens (tertiary/aromatic N) is 2. The van der Waals surface area contributed by atoms with Crippen LogP contribution in [0, 0.1) is 6.92 Å². The molecule has 0 bridgehead atoms. The Labute approximate surface area is 108 Å². The van der Waals surface area contributed by atoms with Crippen LogP contribution in [0.2, 0.25) is 0 Å². The number of anilines is 1. The Morgan fingerprint density at radius 2 is 1.94 bits per heavy atom. The van der Waals surface area contributed by atoms with Gasteiger partial charge in [-0.15, -0.1) is 0 Å². The van der Waals surface area contributed by atoms with Crippen molar-refractivity contribution in [3.63, 3.8) is 0 Å². The van der Waals surface area contributed by atoms with Crippen LogP contribution in [-0.2, 0) is 6.42 Å². The van der Waals surface area contributed by atoms with Crippen molar-refractivity contribution in [2.75, 3.05) is 5.32 Å². The van der Waals surface area contributed by atoms with E-state index < -0.39 is 0 Å². The van der Waals surface area contributed by atoms with E-state index >= 15 is 0 Å². The highest BCUT2D eigenvalue weighted by molar-refractivity contribution is 5.33. The molecule has 0 aliphatic rings. The molecule has 0 aliphatic heterocycles. The summed E-state index contributed by atoms with van der Waals surface area (Å²) in [5, 5.41) is 3.40. The Morgan fingerprint density at radius 1 is 1.17 bits per heavy atom. The molecule has 1 aromatic heterocycles. The maximum atomic E-state index is 4.35. The monoisotopic (exact) mass is 241 g/mol. The van der Waals surface area contributed by atoms with E-state index in [-0.39, 0.29) is 0 Å². The van der Waals surface area contributed by atoms with Crippen LogP contribution >= 0.6 is 0 Å². The summed E-state index contributed by atoms with van der Waals surface area (Å²) >= 11 is 0. The predicted octanol–water partition coefficient (Wildman–Crippen LogP) is 3.22. The van der Waals surface area contributed by atoms with Gasteiger partial charge in [0.1, 0.15) is 11.6 Å². The Hall–Kier alpha value is -1.90. The lowest BCUT2D eigenvalue weighted by molar-refractivity contribution is 0.702. The molecule has 0 saturated carbocycles. The van der Waals surface area contributed by atoms with Gasteiger partial charge in [-0.05, 0) is 38.3 Å². The number of benzene rings is 1. The molecule has 3 nitrogen and oxygen atoms in total. The molecule has 0 fully saturated rings. The highest BCUT2D eigenvalue weighted by Crippen LogP contribution is 2.09. The molecule has 1 N–H and O–H groups in total. The van der Waals surface area contributed by atoms with Crippen LogP contribution in [0.25, 0.3) is 0 Å². The average Bonchev–Trinajstić information content (AvgIpc) is 2.38. The number of nitrogens with one attached hydrogen (secondary N) is 1. The topological polar surface area (TPSA) is 37.8 Å². The highest BCUT2D eigenvalue weighted by atomic mass is 15.0. The standard InChI is InChI=1S/C15H19N3/c1-12(8-9-14-6-4-3-5-7-14)17-15-10-11-16-13(2)18-15/h3-7,10-12H,8-9H2,1-2H3,(H,16,17,18). The second-order valence-corrected chi connectivity index (χ2v) is 4.56. The fraction of sp³-hybridized carbons (Fsp3) is 0.333. The molecular weight excluding hydrogens is 222 g/mol. The van der Waals surface area contributed by atoms with Gasteiger partial charge < -0.3 is 5.32 Å². The van der Waals surface area contributed by atoms with Crippen LogP contribution in [-0.4, -0.2) is 16.0 Å². The van der Waals surface area contributed by atoms with E-state index in [1.165, 1.54) is 5.56 Å². The third-order valence-electron chi connectivity index (χ3n) is 2.88. The largest absolute Gasteiger partial charge is 0.368 e. The molecule has 0 spiro atoms. The summed E-state index contributed by atoms with van der Waals surface area (Å²) in [7, 11) is 0. The van der Waals surface area contributed by atoms with Gasteiger partial charge in [0, 0.05) is 12.2 Å². The van der Waals surface area contributed by atoms with Crippen molar-refractivity contribution in [3.8, 4) is 0 Å². The minimum absolute atomic E-state index is 0.402. The van der Waals surface area contributed by atoms with Crippen molar-refractivity contribution >= 4 is 5.82 Å². The third-order valence-corrected chi connectivity index (χ3v) is 2.88. The van der Waals surface area contributed by atoms with Gasteiger partial charge in [-0.25, -0.2) is 9.97 Å². The highest BCUT2D eigenvalue weighted by Gasteiger charge is 2.03. The minimum atomic E-state index is 0.402. The number of hydrogen-bond acceptors (Lipinski definition) is 3. The summed E-state index contributed by atoms with van der Waals surface area (Å²) in [6.07, 6.45) is 3.96. The number of rotatable bonds is 5. The van der Waals surface area contributed by atoms with E-state index in [1.54, 1.807) is 6.20 Å². The van der Waals surface area contributed by atoms with E-state index in [2.05, 4.69) is 52.5 Å². The number of aryl methyl sites for hydroxylation is 2. The van der Waals surface area contributed by atoms with Crippen molar-refractivity contribution in [2.24, 2.45) is 0 Å². The smallest absolute Gasteiger partial charge is 0.129 e. The molecule has 1 unspecified atom stereocenters. The molecule has 1 heterocycles. The zero-order chi connectivity index (χ0) is 12.8. The first-order valence-electron chi connectivity index (χ1n) is 6.34. The van der Waals surface area contributed by atoms with E-state index in [9.17, 15) is 0 Å². The van der Waals surface area contributed by atoms with Crippen molar-refractivity contribution in [1.82, 2.24) is 9.97 Å². The Bertz CT molecular complexity index is 482. The van der Waals surface area contributed by atoms with Gasteiger partial charge in [-0.3, -0.25) is 0 Å². The van der Waals surface area contributed by atoms with Gasteiger partial charge in [-0.2, -0.15) is 0 Å². The molecule has 0 amide bonds. The predicted molar refractivity (Wildman–Crippen MR) is 74.6 cm³/mol. The van der Waals surface area contributed by atoms with Crippen LogP contribution in [0.1, 0.15) is 24.7 Å². The zero-order valence-corrected chi connectivity index (χ0v) is 10.9. The van der Waals surface area contributed by atoms with Crippen molar-refractivity contribution in [2.45, 2.75) is 32.7 Å². The second kappa shape index (κ2) is 6.15. The summed E-state index contributed by atoms with van der Waals surface area (Å²) in [6, 6.07) is 12.9. The second-order valence-electron chi connectivity index (χ2n) is 4.56. The lowest BCUT2D eigenvalue weighted by Gasteiger charge is -2.14. The normalized spacial score (nSPS) is 12.1. The van der Waals surface area contributed by atoms with Gasteiger partial charge in [0.05, 0.1) is 0 Å². The van der Waals surface area contributed by atoms with Crippen molar-refractivity contribution < 1.29 is 0 Å². The van der Waals surface area contributed by atoms with Gasteiger partial charge in [0.2, 0.25) is 0 Å². The van der Waals surface area contributed by atoms with E-state index in [0.717, 1.165) is 24.5 Å². The van der Waals surface area contributed by atoms with Gasteiger partial charge >= 0.3 is 0 Å². The van der Waals surface area contributed by atoms with Crippen LogP contribution in [0.3, 0.4) is 0 Å². The summed E-state index contributed by atoms with van der Waals surface area (Å²) in [4.78, 5) is 8.44. The molecule has 0 radical (unpaired) electrons. The Morgan fingerprint density at radius 3 is 2.67 bits per heavy atom. The first-order valence-corrected chi connectivity index (χ1v) is 6.34. The summed E-state index contributed by atoms with van der Waals surface area (Å²) in [5.41, 5.74) is 1.38. The van der Waals surface area contributed by atoms with Gasteiger partial charge in [0.25, 0.3) is 0 Å².